The zero-order valence-electron chi connectivity index (χ0n) is 21.2. The van der Waals surface area contributed by atoms with Crippen LogP contribution >= 0.6 is 0 Å². The monoisotopic (exact) mass is 486 g/mol. The molecule has 6 nitrogen and oxygen atoms in total. The van der Waals surface area contributed by atoms with Gasteiger partial charge in [-0.3, -0.25) is 9.80 Å². The van der Waals surface area contributed by atoms with E-state index < -0.39 is 0 Å². The van der Waals surface area contributed by atoms with Crippen LogP contribution in [0.3, 0.4) is 0 Å². The number of nitrogens with one attached hydrogen (secondary N) is 2. The second-order valence-electron chi connectivity index (χ2n) is 10.8. The van der Waals surface area contributed by atoms with E-state index in [0.29, 0.717) is 24.3 Å². The molecule has 4 aliphatic carbocycles. The highest BCUT2D eigenvalue weighted by Gasteiger charge is 2.51. The van der Waals surface area contributed by atoms with Crippen LogP contribution in [0.2, 0.25) is 0 Å². The van der Waals surface area contributed by atoms with Crippen LogP contribution in [-0.2, 0) is 29.0 Å². The van der Waals surface area contributed by atoms with Gasteiger partial charge in [-0.25, -0.2) is 5.84 Å². The van der Waals surface area contributed by atoms with Crippen LogP contribution in [-0.4, -0.2) is 30.2 Å². The van der Waals surface area contributed by atoms with Gasteiger partial charge in [0.2, 0.25) is 5.88 Å². The summed E-state index contributed by atoms with van der Waals surface area (Å²) in [5.74, 6) is 9.05. The van der Waals surface area contributed by atoms with Gasteiger partial charge in [0.05, 0.1) is 6.04 Å². The molecule has 4 aliphatic rings. The van der Waals surface area contributed by atoms with E-state index in [4.69, 9.17) is 16.0 Å². The van der Waals surface area contributed by atoms with Gasteiger partial charge in [-0.15, -0.1) is 0 Å². The van der Waals surface area contributed by atoms with Gasteiger partial charge in [0.25, 0.3) is 5.91 Å². The van der Waals surface area contributed by atoms with Gasteiger partial charge in [0.1, 0.15) is 12.2 Å². The molecule has 36 heavy (non-hydrogen) atoms. The Bertz CT molecular complexity index is 1080. The fraction of sp³-hybridized carbons (Fsp3) is 0.467. The lowest BCUT2D eigenvalue weighted by atomic mass is 9.54. The third kappa shape index (κ3) is 5.05. The molecule has 0 saturated heterocycles. The van der Waals surface area contributed by atoms with Crippen LogP contribution in [0.4, 0.5) is 0 Å². The third-order valence-corrected chi connectivity index (χ3v) is 8.60. The summed E-state index contributed by atoms with van der Waals surface area (Å²) in [7, 11) is 1.72. The molecule has 6 rings (SSSR count). The highest BCUT2D eigenvalue weighted by Crippen LogP contribution is 2.54. The minimum Gasteiger partial charge on any atom is -0.474 e. The number of nitrogens with two attached hydrogens (primary N) is 1. The second kappa shape index (κ2) is 10.9. The number of hydrogen-bond donors (Lipinski definition) is 3. The molecule has 0 unspecified atom stereocenters. The number of amides is 1. The molecule has 0 aromatic heterocycles. The van der Waals surface area contributed by atoms with E-state index in [9.17, 15) is 4.79 Å². The van der Waals surface area contributed by atoms with E-state index in [1.807, 2.05) is 18.2 Å². The number of hydrogen-bond acceptors (Lipinski definition) is 5. The number of benzene rings is 2. The van der Waals surface area contributed by atoms with E-state index in [0.717, 1.165) is 36.5 Å². The summed E-state index contributed by atoms with van der Waals surface area (Å²) in [4.78, 5) is 13.5. The molecule has 4 bridgehead atoms. The Morgan fingerprint density at radius 1 is 0.972 bits per heavy atom. The lowest BCUT2D eigenvalue weighted by Gasteiger charge is -2.56. The van der Waals surface area contributed by atoms with Crippen LogP contribution < -0.4 is 11.2 Å². The Balaban J connectivity index is 1.28. The highest BCUT2D eigenvalue weighted by molar-refractivity contribution is 6.11. The summed E-state index contributed by atoms with van der Waals surface area (Å²) in [6.07, 6.45) is 9.00. The predicted octanol–water partition coefficient (Wildman–Crippen LogP) is 4.60. The lowest BCUT2D eigenvalue weighted by molar-refractivity contribution is -0.139. The van der Waals surface area contributed by atoms with Crippen molar-refractivity contribution in [3.8, 4) is 0 Å². The summed E-state index contributed by atoms with van der Waals surface area (Å²) in [5.41, 5.74) is 3.77. The SMILES string of the molecule is CN/C(OCc1ccccc1CCc1ccccc1)=C(\C=N)C(=O)N(N)C1C2CC3CC(C2)CC1C3. The van der Waals surface area contributed by atoms with Crippen molar-refractivity contribution in [2.24, 2.45) is 29.5 Å². The van der Waals surface area contributed by atoms with Gasteiger partial charge in [-0.05, 0) is 85.3 Å². The summed E-state index contributed by atoms with van der Waals surface area (Å²) in [6, 6.07) is 18.7. The number of carbonyl (C=O) groups excluding carboxylic acids is 1. The van der Waals surface area contributed by atoms with Crippen molar-refractivity contribution in [1.82, 2.24) is 10.3 Å². The zero-order chi connectivity index (χ0) is 25.1. The molecule has 190 valence electrons. The molecular formula is C30H38N4O2. The van der Waals surface area contributed by atoms with Gasteiger partial charge in [-0.2, -0.15) is 0 Å². The largest absolute Gasteiger partial charge is 0.474 e. The average Bonchev–Trinajstić information content (AvgIpc) is 2.90. The van der Waals surface area contributed by atoms with Crippen molar-refractivity contribution in [2.75, 3.05) is 7.05 Å². The first-order valence-corrected chi connectivity index (χ1v) is 13.3. The molecule has 0 atom stereocenters. The Morgan fingerprint density at radius 2 is 1.58 bits per heavy atom. The number of carbonyl (C=O) groups is 1. The fourth-order valence-corrected chi connectivity index (χ4v) is 7.15. The smallest absolute Gasteiger partial charge is 0.275 e. The van der Waals surface area contributed by atoms with E-state index in [-0.39, 0.29) is 17.5 Å². The van der Waals surface area contributed by atoms with Crippen molar-refractivity contribution >= 4 is 12.1 Å². The van der Waals surface area contributed by atoms with E-state index in [1.54, 1.807) is 7.05 Å². The lowest BCUT2D eigenvalue weighted by Crippen LogP contribution is -2.60. The van der Waals surface area contributed by atoms with Crippen LogP contribution in [0.5, 0.6) is 0 Å². The molecule has 0 aliphatic heterocycles. The van der Waals surface area contributed by atoms with Gasteiger partial charge in [-0.1, -0.05) is 54.6 Å². The van der Waals surface area contributed by atoms with Crippen molar-refractivity contribution in [1.29, 1.82) is 5.41 Å². The van der Waals surface area contributed by atoms with E-state index >= 15 is 0 Å². The first-order chi connectivity index (χ1) is 17.6. The molecule has 0 spiro atoms. The van der Waals surface area contributed by atoms with Crippen LogP contribution in [0.1, 0.15) is 48.8 Å². The average molecular weight is 487 g/mol. The maximum Gasteiger partial charge on any atom is 0.275 e. The molecule has 0 heterocycles. The van der Waals surface area contributed by atoms with E-state index in [2.05, 4.69) is 41.7 Å². The number of nitrogens with zero attached hydrogens (tertiary/aromatic N) is 1. The summed E-state index contributed by atoms with van der Waals surface area (Å²) in [6.45, 7) is 0.314. The van der Waals surface area contributed by atoms with Gasteiger partial charge in [0, 0.05) is 13.3 Å². The molecule has 6 heteroatoms. The summed E-state index contributed by atoms with van der Waals surface area (Å²) >= 11 is 0. The number of ether oxygens (including phenoxy) is 1. The molecule has 2 aromatic rings. The third-order valence-electron chi connectivity index (χ3n) is 8.60. The number of hydrazine groups is 1. The molecule has 1 amide bonds. The molecular weight excluding hydrogens is 448 g/mol. The maximum atomic E-state index is 13.5. The molecule has 4 saturated carbocycles. The zero-order valence-corrected chi connectivity index (χ0v) is 21.2. The van der Waals surface area contributed by atoms with Crippen LogP contribution in [0.25, 0.3) is 0 Å². The minimum atomic E-state index is -0.329. The standard InChI is InChI=1S/C30H38N4O2/c1-33-29(36-19-24-10-6-5-9-23(24)12-11-20-7-3-2-4-8-20)27(18-31)30(35)34(32)28-25-14-21-13-22(16-25)17-26(28)15-21/h2-10,18,21-22,25-26,28,31,33H,11-17,19,32H2,1H3/b29-27-,31-18?. The summed E-state index contributed by atoms with van der Waals surface area (Å²) < 4.78 is 6.11. The Labute approximate surface area is 214 Å². The quantitative estimate of drug-likeness (QED) is 0.114. The highest BCUT2D eigenvalue weighted by atomic mass is 16.5. The van der Waals surface area contributed by atoms with E-state index in [1.165, 1.54) is 48.2 Å². The van der Waals surface area contributed by atoms with Crippen molar-refractivity contribution < 1.29 is 9.53 Å². The molecule has 2 aromatic carbocycles. The maximum absolute atomic E-state index is 13.5. The fourth-order valence-electron chi connectivity index (χ4n) is 7.15. The minimum absolute atomic E-state index is 0.0667. The van der Waals surface area contributed by atoms with Crippen molar-refractivity contribution in [3.05, 3.63) is 82.7 Å². The van der Waals surface area contributed by atoms with Crippen molar-refractivity contribution in [3.63, 3.8) is 0 Å². The summed E-state index contributed by atoms with van der Waals surface area (Å²) in [5, 5.41) is 12.4. The van der Waals surface area contributed by atoms with Gasteiger partial charge >= 0.3 is 0 Å². The second-order valence-corrected chi connectivity index (χ2v) is 10.8. The number of aryl methyl sites for hydroxylation is 2. The predicted molar refractivity (Wildman–Crippen MR) is 142 cm³/mol. The number of rotatable bonds is 10. The Kier molecular flexibility index (Phi) is 7.42. The first kappa shape index (κ1) is 24.6. The van der Waals surface area contributed by atoms with Gasteiger partial charge < -0.3 is 15.5 Å². The van der Waals surface area contributed by atoms with Crippen LogP contribution in [0.15, 0.2) is 66.1 Å². The van der Waals surface area contributed by atoms with Gasteiger partial charge in [0.15, 0.2) is 0 Å². The van der Waals surface area contributed by atoms with Crippen LogP contribution in [0, 0.1) is 29.1 Å². The molecule has 0 radical (unpaired) electrons. The Morgan fingerprint density at radius 3 is 2.19 bits per heavy atom. The van der Waals surface area contributed by atoms with Crippen molar-refractivity contribution in [2.45, 2.75) is 57.6 Å². The normalized spacial score (nSPS) is 26.8. The topological polar surface area (TPSA) is 91.4 Å². The Hall–Kier alpha value is -3.12. The molecule has 4 fully saturated rings. The first-order valence-electron chi connectivity index (χ1n) is 13.3. The molecule has 4 N–H and O–H groups in total.